The summed E-state index contributed by atoms with van der Waals surface area (Å²) in [4.78, 5) is 6.60. The normalized spacial score (nSPS) is 19.4. The van der Waals surface area contributed by atoms with E-state index in [2.05, 4.69) is 32.8 Å². The van der Waals surface area contributed by atoms with Gasteiger partial charge >= 0.3 is 0 Å². The fraction of sp³-hybridized carbons (Fsp3) is 0.238. The highest BCUT2D eigenvalue weighted by atomic mass is 32.1. The molecule has 0 unspecified atom stereocenters. The Hall–Kier alpha value is -2.73. The summed E-state index contributed by atoms with van der Waals surface area (Å²) >= 11 is 5.52. The summed E-state index contributed by atoms with van der Waals surface area (Å²) in [5.41, 5.74) is 5.05. The van der Waals surface area contributed by atoms with E-state index < -0.39 is 0 Å². The highest BCUT2D eigenvalue weighted by molar-refractivity contribution is 7.80. The van der Waals surface area contributed by atoms with Crippen LogP contribution in [0.25, 0.3) is 5.69 Å². The van der Waals surface area contributed by atoms with Crippen molar-refractivity contribution >= 4 is 17.3 Å². The van der Waals surface area contributed by atoms with Crippen LogP contribution in [0.2, 0.25) is 0 Å². The predicted octanol–water partition coefficient (Wildman–Crippen LogP) is 4.23. The molecule has 1 aliphatic heterocycles. The molecule has 0 saturated carbocycles. The quantitative estimate of drug-likeness (QED) is 0.690. The molecule has 0 bridgehead atoms. The van der Waals surface area contributed by atoms with E-state index in [9.17, 15) is 4.39 Å². The van der Waals surface area contributed by atoms with Gasteiger partial charge in [-0.15, -0.1) is 0 Å². The molecule has 2 aromatic heterocycles. The number of nitrogens with one attached hydrogen (secondary N) is 1. The molecule has 1 fully saturated rings. The Bertz CT molecular complexity index is 999. The summed E-state index contributed by atoms with van der Waals surface area (Å²) < 4.78 is 15.9. The molecule has 138 valence electrons. The summed E-state index contributed by atoms with van der Waals surface area (Å²) in [7, 11) is 2.00. The zero-order valence-corrected chi connectivity index (χ0v) is 16.3. The number of rotatable bonds is 3. The number of nitrogens with zero attached hydrogens (tertiary/aromatic N) is 3. The Morgan fingerprint density at radius 1 is 1.11 bits per heavy atom. The van der Waals surface area contributed by atoms with Crippen LogP contribution in [0, 0.1) is 19.7 Å². The maximum atomic E-state index is 13.8. The first-order chi connectivity index (χ1) is 13.0. The maximum Gasteiger partial charge on any atom is 0.169 e. The molecule has 3 aromatic rings. The minimum atomic E-state index is -0.242. The van der Waals surface area contributed by atoms with Crippen molar-refractivity contribution in [2.24, 2.45) is 0 Å². The first-order valence-corrected chi connectivity index (χ1v) is 9.27. The standard InChI is InChI=1S/C21H21FN4S/c1-13-11-17(14(2)26(13)16-8-6-7-15(22)12-16)20-19(24-21(27)25(20)3)18-9-4-5-10-23-18/h4-12,19-20H,1-3H3,(H,24,27)/t19-,20-/m1/s1. The lowest BCUT2D eigenvalue weighted by Crippen LogP contribution is -2.25. The smallest absolute Gasteiger partial charge is 0.169 e. The van der Waals surface area contributed by atoms with Crippen LogP contribution in [-0.2, 0) is 0 Å². The molecule has 0 aliphatic carbocycles. The number of hydrogen-bond donors (Lipinski definition) is 1. The van der Waals surface area contributed by atoms with Crippen LogP contribution >= 0.6 is 12.2 Å². The maximum absolute atomic E-state index is 13.8. The van der Waals surface area contributed by atoms with Crippen LogP contribution in [0.1, 0.15) is 34.7 Å². The molecule has 1 aliphatic rings. The number of likely N-dealkylation sites (N-methyl/N-ethyl adjacent to an activating group) is 1. The minimum absolute atomic E-state index is 0.0147. The monoisotopic (exact) mass is 380 g/mol. The Morgan fingerprint density at radius 2 is 1.93 bits per heavy atom. The zero-order chi connectivity index (χ0) is 19.1. The van der Waals surface area contributed by atoms with Gasteiger partial charge in [-0.05, 0) is 68.0 Å². The highest BCUT2D eigenvalue weighted by Crippen LogP contribution is 2.40. The van der Waals surface area contributed by atoms with Crippen molar-refractivity contribution in [2.45, 2.75) is 25.9 Å². The van der Waals surface area contributed by atoms with Crippen molar-refractivity contribution in [1.82, 2.24) is 19.8 Å². The third-order valence-electron chi connectivity index (χ3n) is 5.19. The molecular formula is C21H21FN4S. The van der Waals surface area contributed by atoms with Gasteiger partial charge in [0.05, 0.1) is 17.8 Å². The molecule has 4 nitrogen and oxygen atoms in total. The van der Waals surface area contributed by atoms with Gasteiger partial charge in [0, 0.05) is 30.3 Å². The van der Waals surface area contributed by atoms with Crippen LogP contribution in [0.15, 0.2) is 54.7 Å². The topological polar surface area (TPSA) is 33.1 Å². The Kier molecular flexibility index (Phi) is 4.44. The van der Waals surface area contributed by atoms with E-state index in [1.165, 1.54) is 6.07 Å². The molecule has 1 aromatic carbocycles. The van der Waals surface area contributed by atoms with Crippen LogP contribution < -0.4 is 5.32 Å². The number of aromatic nitrogens is 2. The molecule has 1 N–H and O–H groups in total. The molecule has 6 heteroatoms. The van der Waals surface area contributed by atoms with Crippen molar-refractivity contribution in [3.8, 4) is 5.69 Å². The number of aryl methyl sites for hydroxylation is 1. The van der Waals surface area contributed by atoms with Gasteiger partial charge in [0.1, 0.15) is 5.82 Å². The molecule has 4 rings (SSSR count). The van der Waals surface area contributed by atoms with Crippen molar-refractivity contribution in [1.29, 1.82) is 0 Å². The van der Waals surface area contributed by atoms with E-state index in [4.69, 9.17) is 12.2 Å². The molecule has 2 atom stereocenters. The number of halogens is 1. The number of pyridine rings is 1. The fourth-order valence-electron chi connectivity index (χ4n) is 3.95. The van der Waals surface area contributed by atoms with Crippen LogP contribution in [-0.4, -0.2) is 26.6 Å². The van der Waals surface area contributed by atoms with Gasteiger partial charge in [-0.3, -0.25) is 4.98 Å². The largest absolute Gasteiger partial charge is 0.352 e. The fourth-order valence-corrected chi connectivity index (χ4v) is 4.19. The number of hydrogen-bond acceptors (Lipinski definition) is 2. The van der Waals surface area contributed by atoms with E-state index in [0.717, 1.165) is 28.3 Å². The highest BCUT2D eigenvalue weighted by Gasteiger charge is 2.39. The third-order valence-corrected chi connectivity index (χ3v) is 5.60. The number of benzene rings is 1. The van der Waals surface area contributed by atoms with Crippen molar-refractivity contribution in [3.05, 3.63) is 83.2 Å². The molecule has 0 radical (unpaired) electrons. The molecule has 1 saturated heterocycles. The second-order valence-corrected chi connectivity index (χ2v) is 7.27. The molecule has 0 spiro atoms. The lowest BCUT2D eigenvalue weighted by molar-refractivity contribution is 0.367. The Labute approximate surface area is 163 Å². The zero-order valence-electron chi connectivity index (χ0n) is 15.5. The lowest BCUT2D eigenvalue weighted by Gasteiger charge is -2.24. The summed E-state index contributed by atoms with van der Waals surface area (Å²) in [6.07, 6.45) is 1.80. The van der Waals surface area contributed by atoms with E-state index in [1.807, 2.05) is 38.2 Å². The Morgan fingerprint density at radius 3 is 2.63 bits per heavy atom. The molecule has 3 heterocycles. The third kappa shape index (κ3) is 3.00. The van der Waals surface area contributed by atoms with Gasteiger partial charge < -0.3 is 14.8 Å². The molecule has 27 heavy (non-hydrogen) atoms. The van der Waals surface area contributed by atoms with E-state index in [1.54, 1.807) is 18.3 Å². The lowest BCUT2D eigenvalue weighted by atomic mass is 9.97. The summed E-state index contributed by atoms with van der Waals surface area (Å²) in [5, 5.41) is 4.10. The van der Waals surface area contributed by atoms with Gasteiger partial charge in [0.15, 0.2) is 5.11 Å². The minimum Gasteiger partial charge on any atom is -0.352 e. The van der Waals surface area contributed by atoms with Gasteiger partial charge in [-0.2, -0.15) is 0 Å². The number of thiocarbonyl (C=S) groups is 1. The van der Waals surface area contributed by atoms with Crippen LogP contribution in [0.3, 0.4) is 0 Å². The van der Waals surface area contributed by atoms with Gasteiger partial charge in [0.25, 0.3) is 0 Å². The van der Waals surface area contributed by atoms with Gasteiger partial charge in [-0.25, -0.2) is 4.39 Å². The average molecular weight is 380 g/mol. The first kappa shape index (κ1) is 17.7. The summed E-state index contributed by atoms with van der Waals surface area (Å²) in [5.74, 6) is -0.242. The SMILES string of the molecule is Cc1cc([C@@H]2[C@@H](c3ccccn3)NC(=S)N2C)c(C)n1-c1cccc(F)c1. The van der Waals surface area contributed by atoms with E-state index >= 15 is 0 Å². The van der Waals surface area contributed by atoms with Gasteiger partial charge in [0.2, 0.25) is 0 Å². The second kappa shape index (κ2) is 6.78. The second-order valence-electron chi connectivity index (χ2n) is 6.88. The first-order valence-electron chi connectivity index (χ1n) is 8.86. The van der Waals surface area contributed by atoms with E-state index in [0.29, 0.717) is 5.11 Å². The summed E-state index contributed by atoms with van der Waals surface area (Å²) in [6, 6.07) is 14.7. The average Bonchev–Trinajstić information content (AvgIpc) is 3.11. The van der Waals surface area contributed by atoms with Gasteiger partial charge in [-0.1, -0.05) is 12.1 Å². The van der Waals surface area contributed by atoms with Crippen molar-refractivity contribution in [2.75, 3.05) is 7.05 Å². The van der Waals surface area contributed by atoms with E-state index in [-0.39, 0.29) is 17.9 Å². The molecule has 0 amide bonds. The molecular weight excluding hydrogens is 359 g/mol. The van der Waals surface area contributed by atoms with Crippen LogP contribution in [0.4, 0.5) is 4.39 Å². The van der Waals surface area contributed by atoms with Crippen molar-refractivity contribution in [3.63, 3.8) is 0 Å². The summed E-state index contributed by atoms with van der Waals surface area (Å²) in [6.45, 7) is 4.11. The Balaban J connectivity index is 1.82. The predicted molar refractivity (Wildman–Crippen MR) is 108 cm³/mol. The van der Waals surface area contributed by atoms with Crippen molar-refractivity contribution < 1.29 is 4.39 Å². The van der Waals surface area contributed by atoms with Crippen LogP contribution in [0.5, 0.6) is 0 Å².